The average molecular weight is 453 g/mol. The molecule has 1 aliphatic heterocycles. The van der Waals surface area contributed by atoms with Gasteiger partial charge in [-0.05, 0) is 55.0 Å². The monoisotopic (exact) mass is 453 g/mol. The third kappa shape index (κ3) is 5.48. The number of rotatable bonds is 8. The molecule has 0 atom stereocenters. The van der Waals surface area contributed by atoms with Crippen molar-refractivity contribution in [2.45, 2.75) is 6.92 Å². The number of esters is 1. The minimum atomic E-state index is -0.709. The normalized spacial score (nSPS) is 14.2. The van der Waals surface area contributed by atoms with Gasteiger partial charge in [0, 0.05) is 5.69 Å². The maximum Gasteiger partial charge on any atom is 0.338 e. The van der Waals surface area contributed by atoms with Crippen molar-refractivity contribution in [3.8, 4) is 11.5 Å². The SMILES string of the molecule is CCOC(=O)c1ccc(NC(=O)CN2C(=O)N/C(=C\c3ccc(OC)c(OC)c3)C2=O)cc1. The number of hydrogen-bond donors (Lipinski definition) is 2. The molecule has 2 aromatic carbocycles. The number of urea groups is 1. The molecular weight excluding hydrogens is 430 g/mol. The predicted molar refractivity (Wildman–Crippen MR) is 119 cm³/mol. The Hall–Kier alpha value is -4.34. The molecule has 10 heteroatoms. The number of carbonyl (C=O) groups is 4. The van der Waals surface area contributed by atoms with Crippen LogP contribution in [0, 0.1) is 0 Å². The lowest BCUT2D eigenvalue weighted by Gasteiger charge is -2.12. The van der Waals surface area contributed by atoms with Gasteiger partial charge in [-0.2, -0.15) is 0 Å². The van der Waals surface area contributed by atoms with Crippen molar-refractivity contribution >= 4 is 35.6 Å². The van der Waals surface area contributed by atoms with E-state index in [1.54, 1.807) is 25.1 Å². The summed E-state index contributed by atoms with van der Waals surface area (Å²) >= 11 is 0. The van der Waals surface area contributed by atoms with Crippen LogP contribution in [0.1, 0.15) is 22.8 Å². The van der Waals surface area contributed by atoms with Gasteiger partial charge in [0.25, 0.3) is 5.91 Å². The first-order valence-electron chi connectivity index (χ1n) is 9.99. The van der Waals surface area contributed by atoms with Crippen LogP contribution in [0.4, 0.5) is 10.5 Å². The van der Waals surface area contributed by atoms with Crippen LogP contribution >= 0.6 is 0 Å². The van der Waals surface area contributed by atoms with Gasteiger partial charge in [-0.3, -0.25) is 9.59 Å². The number of amides is 4. The summed E-state index contributed by atoms with van der Waals surface area (Å²) in [6.45, 7) is 1.48. The van der Waals surface area contributed by atoms with Gasteiger partial charge >= 0.3 is 12.0 Å². The van der Waals surface area contributed by atoms with E-state index in [0.717, 1.165) is 4.90 Å². The largest absolute Gasteiger partial charge is 0.493 e. The van der Waals surface area contributed by atoms with Crippen molar-refractivity contribution in [1.29, 1.82) is 0 Å². The van der Waals surface area contributed by atoms with Crippen LogP contribution < -0.4 is 20.1 Å². The Bertz CT molecular complexity index is 1110. The Morgan fingerprint density at radius 1 is 1.03 bits per heavy atom. The summed E-state index contributed by atoms with van der Waals surface area (Å²) in [6.07, 6.45) is 1.48. The van der Waals surface area contributed by atoms with Crippen molar-refractivity contribution in [3.63, 3.8) is 0 Å². The summed E-state index contributed by atoms with van der Waals surface area (Å²) in [5, 5.41) is 5.05. The topological polar surface area (TPSA) is 123 Å². The molecule has 0 spiro atoms. The number of anilines is 1. The molecule has 0 unspecified atom stereocenters. The number of hydrogen-bond acceptors (Lipinski definition) is 7. The van der Waals surface area contributed by atoms with Crippen LogP contribution in [0.15, 0.2) is 48.2 Å². The average Bonchev–Trinajstić information content (AvgIpc) is 3.06. The minimum absolute atomic E-state index is 0.0267. The van der Waals surface area contributed by atoms with Crippen molar-refractivity contribution in [3.05, 3.63) is 59.3 Å². The van der Waals surface area contributed by atoms with E-state index in [0.29, 0.717) is 28.3 Å². The first kappa shape index (κ1) is 23.3. The van der Waals surface area contributed by atoms with Gasteiger partial charge in [-0.25, -0.2) is 14.5 Å². The molecule has 172 valence electrons. The fourth-order valence-corrected chi connectivity index (χ4v) is 3.07. The summed E-state index contributed by atoms with van der Waals surface area (Å²) in [5.74, 6) is -0.690. The fraction of sp³-hybridized carbons (Fsp3) is 0.217. The van der Waals surface area contributed by atoms with Crippen molar-refractivity contribution < 1.29 is 33.4 Å². The molecular formula is C23H23N3O7. The molecule has 1 saturated heterocycles. The predicted octanol–water partition coefficient (Wildman–Crippen LogP) is 2.41. The first-order valence-corrected chi connectivity index (χ1v) is 9.99. The van der Waals surface area contributed by atoms with E-state index in [2.05, 4.69) is 10.6 Å². The van der Waals surface area contributed by atoms with Crippen LogP contribution in [0.25, 0.3) is 6.08 Å². The van der Waals surface area contributed by atoms with Gasteiger partial charge in [-0.15, -0.1) is 0 Å². The van der Waals surface area contributed by atoms with E-state index < -0.39 is 30.4 Å². The van der Waals surface area contributed by atoms with Crippen LogP contribution in [0.5, 0.6) is 11.5 Å². The van der Waals surface area contributed by atoms with Gasteiger partial charge in [0.1, 0.15) is 12.2 Å². The van der Waals surface area contributed by atoms with Crippen LogP contribution in [0.3, 0.4) is 0 Å². The second-order valence-corrected chi connectivity index (χ2v) is 6.84. The van der Waals surface area contributed by atoms with E-state index in [-0.39, 0.29) is 12.3 Å². The molecule has 33 heavy (non-hydrogen) atoms. The second kappa shape index (κ2) is 10.3. The van der Waals surface area contributed by atoms with Gasteiger partial charge in [-0.1, -0.05) is 6.07 Å². The number of nitrogens with one attached hydrogen (secondary N) is 2. The van der Waals surface area contributed by atoms with E-state index in [1.165, 1.54) is 44.6 Å². The number of carbonyl (C=O) groups excluding carboxylic acids is 4. The van der Waals surface area contributed by atoms with Crippen LogP contribution in [0.2, 0.25) is 0 Å². The highest BCUT2D eigenvalue weighted by Crippen LogP contribution is 2.28. The Morgan fingerprint density at radius 3 is 2.36 bits per heavy atom. The maximum absolute atomic E-state index is 12.7. The smallest absolute Gasteiger partial charge is 0.338 e. The number of imide groups is 1. The zero-order valence-electron chi connectivity index (χ0n) is 18.3. The number of methoxy groups -OCH3 is 2. The molecule has 1 fully saturated rings. The molecule has 1 aliphatic rings. The summed E-state index contributed by atoms with van der Waals surface area (Å²) < 4.78 is 15.3. The number of nitrogens with zero attached hydrogens (tertiary/aromatic N) is 1. The summed E-state index contributed by atoms with van der Waals surface area (Å²) in [6, 6.07) is 10.4. The molecule has 1 heterocycles. The van der Waals surface area contributed by atoms with Gasteiger partial charge in [0.15, 0.2) is 11.5 Å². The molecule has 0 saturated carbocycles. The van der Waals surface area contributed by atoms with Gasteiger partial charge in [0.2, 0.25) is 5.91 Å². The summed E-state index contributed by atoms with van der Waals surface area (Å²) in [4.78, 5) is 49.8. The molecule has 4 amide bonds. The summed E-state index contributed by atoms with van der Waals surface area (Å²) in [5.41, 5.74) is 1.37. The van der Waals surface area contributed by atoms with E-state index in [1.807, 2.05) is 0 Å². The first-order chi connectivity index (χ1) is 15.9. The maximum atomic E-state index is 12.7. The van der Waals surface area contributed by atoms with Crippen molar-refractivity contribution in [2.75, 3.05) is 32.7 Å². The van der Waals surface area contributed by atoms with Crippen LogP contribution in [-0.4, -0.2) is 56.1 Å². The van der Waals surface area contributed by atoms with Gasteiger partial charge < -0.3 is 24.8 Å². The summed E-state index contributed by atoms with van der Waals surface area (Å²) in [7, 11) is 3.00. The number of benzene rings is 2. The molecule has 2 aromatic rings. The quantitative estimate of drug-likeness (QED) is 0.357. The highest BCUT2D eigenvalue weighted by Gasteiger charge is 2.35. The molecule has 0 bridgehead atoms. The van der Waals surface area contributed by atoms with Crippen molar-refractivity contribution in [2.24, 2.45) is 0 Å². The third-order valence-electron chi connectivity index (χ3n) is 4.66. The van der Waals surface area contributed by atoms with E-state index >= 15 is 0 Å². The van der Waals surface area contributed by atoms with Crippen molar-refractivity contribution in [1.82, 2.24) is 10.2 Å². The standard InChI is InChI=1S/C23H23N3O7/c1-4-33-22(29)15-6-8-16(9-7-15)24-20(27)13-26-21(28)17(25-23(26)30)11-14-5-10-18(31-2)19(12-14)32-3/h5-12H,4,13H2,1-3H3,(H,24,27)(H,25,30)/b17-11-. The highest BCUT2D eigenvalue weighted by atomic mass is 16.5. The fourth-order valence-electron chi connectivity index (χ4n) is 3.07. The molecule has 0 aliphatic carbocycles. The van der Waals surface area contributed by atoms with E-state index in [9.17, 15) is 19.2 Å². The zero-order chi connectivity index (χ0) is 24.0. The van der Waals surface area contributed by atoms with Gasteiger partial charge in [0.05, 0.1) is 26.4 Å². The molecule has 3 rings (SSSR count). The Balaban J connectivity index is 1.65. The minimum Gasteiger partial charge on any atom is -0.493 e. The molecule has 0 aromatic heterocycles. The Labute approximate surface area is 190 Å². The van der Waals surface area contributed by atoms with E-state index in [4.69, 9.17) is 14.2 Å². The lowest BCUT2D eigenvalue weighted by molar-refractivity contribution is -0.127. The Kier molecular flexibility index (Phi) is 7.29. The van der Waals surface area contributed by atoms with Crippen LogP contribution in [-0.2, 0) is 14.3 Å². The molecule has 2 N–H and O–H groups in total. The highest BCUT2D eigenvalue weighted by molar-refractivity contribution is 6.16. The lowest BCUT2D eigenvalue weighted by atomic mass is 10.1. The molecule has 10 nitrogen and oxygen atoms in total. The molecule has 0 radical (unpaired) electrons. The zero-order valence-corrected chi connectivity index (χ0v) is 18.3. The second-order valence-electron chi connectivity index (χ2n) is 6.84. The lowest BCUT2D eigenvalue weighted by Crippen LogP contribution is -2.38. The number of ether oxygens (including phenoxy) is 3. The Morgan fingerprint density at radius 2 is 1.73 bits per heavy atom. The third-order valence-corrected chi connectivity index (χ3v) is 4.66.